The molecule has 6 rings (SSSR count). The van der Waals surface area contributed by atoms with E-state index in [-0.39, 0.29) is 49.9 Å². The van der Waals surface area contributed by atoms with Crippen LogP contribution in [0.15, 0.2) is 41.2 Å². The molecule has 7 atom stereocenters. The van der Waals surface area contributed by atoms with E-state index in [2.05, 4.69) is 15.1 Å². The Labute approximate surface area is 333 Å². The molecule has 16 nitrogen and oxygen atoms in total. The average molecular weight is 813 g/mol. The van der Waals surface area contributed by atoms with Crippen LogP contribution in [0, 0.1) is 17.8 Å². The van der Waals surface area contributed by atoms with Crippen LogP contribution < -0.4 is 20.3 Å². The first-order valence-corrected chi connectivity index (χ1v) is 21.2. The number of aromatic nitrogens is 2. The minimum absolute atomic E-state index is 0.0700. The molecule has 0 bridgehead atoms. The summed E-state index contributed by atoms with van der Waals surface area (Å²) in [5.74, 6) is -2.92. The van der Waals surface area contributed by atoms with E-state index in [0.29, 0.717) is 42.9 Å². The molecule has 17 heteroatoms. The van der Waals surface area contributed by atoms with Crippen LogP contribution in [0.4, 0.5) is 4.79 Å². The summed E-state index contributed by atoms with van der Waals surface area (Å²) in [5.41, 5.74) is -2.94. The topological polar surface area (TPSA) is 207 Å². The van der Waals surface area contributed by atoms with Gasteiger partial charge < -0.3 is 24.8 Å². The Kier molecular flexibility index (Phi) is 11.6. The summed E-state index contributed by atoms with van der Waals surface area (Å²) < 4.78 is 40.6. The van der Waals surface area contributed by atoms with Crippen molar-refractivity contribution in [2.45, 2.75) is 127 Å². The molecule has 2 saturated carbocycles. The van der Waals surface area contributed by atoms with Crippen LogP contribution in [0.2, 0.25) is 0 Å². The third kappa shape index (κ3) is 8.41. The molecular formula is C40H56N6O10S. The van der Waals surface area contributed by atoms with Gasteiger partial charge in [0.1, 0.15) is 23.7 Å². The number of hydrogen-bond acceptors (Lipinski definition) is 10. The van der Waals surface area contributed by atoms with Gasteiger partial charge in [0.2, 0.25) is 27.7 Å². The number of benzene rings is 1. The summed E-state index contributed by atoms with van der Waals surface area (Å²) in [4.78, 5) is 72.5. The highest BCUT2D eigenvalue weighted by molar-refractivity contribution is 7.91. The van der Waals surface area contributed by atoms with Crippen molar-refractivity contribution in [3.8, 4) is 5.88 Å². The van der Waals surface area contributed by atoms with Crippen LogP contribution in [0.25, 0.3) is 10.8 Å². The van der Waals surface area contributed by atoms with Gasteiger partial charge in [-0.15, -0.1) is 5.10 Å². The van der Waals surface area contributed by atoms with Crippen LogP contribution in [0.5, 0.6) is 5.88 Å². The Morgan fingerprint density at radius 2 is 1.79 bits per heavy atom. The van der Waals surface area contributed by atoms with Gasteiger partial charge in [0.25, 0.3) is 11.5 Å². The maximum Gasteiger partial charge on any atom is 0.408 e. The van der Waals surface area contributed by atoms with Gasteiger partial charge in [-0.25, -0.2) is 17.9 Å². The maximum atomic E-state index is 15.1. The number of carbonyl (C=O) groups is 4. The van der Waals surface area contributed by atoms with Gasteiger partial charge in [-0.1, -0.05) is 38.1 Å². The summed E-state index contributed by atoms with van der Waals surface area (Å²) >= 11 is 0. The lowest BCUT2D eigenvalue weighted by molar-refractivity contribution is -0.146. The van der Waals surface area contributed by atoms with Gasteiger partial charge >= 0.3 is 6.09 Å². The zero-order chi connectivity index (χ0) is 41.7. The van der Waals surface area contributed by atoms with Crippen LogP contribution >= 0.6 is 0 Å². The molecule has 1 aromatic heterocycles. The molecule has 0 radical (unpaired) electrons. The van der Waals surface area contributed by atoms with Crippen molar-refractivity contribution in [1.82, 2.24) is 29.6 Å². The van der Waals surface area contributed by atoms with Gasteiger partial charge in [0, 0.05) is 25.0 Å². The number of carboxylic acid groups (broad SMARTS) is 1. The largest absolute Gasteiger partial charge is 0.471 e. The molecule has 0 unspecified atom stereocenters. The van der Waals surface area contributed by atoms with Crippen molar-refractivity contribution < 1.29 is 42.2 Å². The predicted octanol–water partition coefficient (Wildman–Crippen LogP) is 3.42. The number of fused-ring (bicyclic) bond motifs is 3. The number of hydrogen-bond donors (Lipinski definition) is 3. The Balaban J connectivity index is 1.41. The maximum absolute atomic E-state index is 15.1. The number of ether oxygens (including phenoxy) is 2. The van der Waals surface area contributed by atoms with Crippen molar-refractivity contribution in [2.24, 2.45) is 17.8 Å². The molecule has 2 aromatic rings. The molecule has 4 aliphatic rings. The second kappa shape index (κ2) is 15.7. The minimum Gasteiger partial charge on any atom is -0.471 e. The first-order chi connectivity index (χ1) is 26.7. The van der Waals surface area contributed by atoms with E-state index >= 15 is 4.79 Å². The molecule has 0 spiro atoms. The van der Waals surface area contributed by atoms with E-state index in [1.165, 1.54) is 16.7 Å². The van der Waals surface area contributed by atoms with Crippen LogP contribution in [-0.2, 0) is 35.7 Å². The number of nitrogens with zero attached hydrogens (tertiary/aromatic N) is 4. The summed E-state index contributed by atoms with van der Waals surface area (Å²) in [7, 11) is -2.54. The van der Waals surface area contributed by atoms with Gasteiger partial charge in [-0.3, -0.25) is 28.8 Å². The molecule has 2 aliphatic carbocycles. The number of methoxy groups -OCH3 is 1. The lowest BCUT2D eigenvalue weighted by atomic mass is 9.85. The highest BCUT2D eigenvalue weighted by Gasteiger charge is 2.63. The molecule has 4 amide bonds. The number of allylic oxidation sites excluding steroid dienone is 1. The fourth-order valence-electron chi connectivity index (χ4n) is 8.34. The number of amides is 4. The molecule has 3 fully saturated rings. The minimum atomic E-state index is -4.04. The fraction of sp³-hybridized carbons (Fsp3) is 0.650. The van der Waals surface area contributed by atoms with E-state index in [0.717, 1.165) is 4.90 Å². The van der Waals surface area contributed by atoms with Crippen molar-refractivity contribution in [3.63, 3.8) is 0 Å². The second-order valence-corrected chi connectivity index (χ2v) is 19.8. The van der Waals surface area contributed by atoms with Crippen molar-refractivity contribution >= 4 is 44.6 Å². The second-order valence-electron chi connectivity index (χ2n) is 17.6. The smallest absolute Gasteiger partial charge is 0.408 e. The fourth-order valence-corrected chi connectivity index (χ4v) is 9.66. The molecule has 1 saturated heterocycles. The quantitative estimate of drug-likeness (QED) is 0.313. The zero-order valence-corrected chi connectivity index (χ0v) is 34.6. The Morgan fingerprint density at radius 3 is 2.42 bits per heavy atom. The molecular weight excluding hydrogens is 757 g/mol. The molecule has 3 N–H and O–H groups in total. The van der Waals surface area contributed by atoms with Crippen LogP contribution in [0.1, 0.15) is 86.5 Å². The van der Waals surface area contributed by atoms with Crippen LogP contribution in [0.3, 0.4) is 0 Å². The third-order valence-electron chi connectivity index (χ3n) is 12.0. The summed E-state index contributed by atoms with van der Waals surface area (Å²) in [6.07, 6.45) is 4.38. The number of carbonyl (C=O) groups excluding carboxylic acids is 3. The number of sulfonamides is 1. The van der Waals surface area contributed by atoms with Crippen molar-refractivity contribution in [2.75, 3.05) is 20.3 Å². The number of rotatable bonds is 9. The van der Waals surface area contributed by atoms with Gasteiger partial charge in [0.05, 0.1) is 35.2 Å². The SMILES string of the molecule is COCCn1nc(O[C@@H]2C[C@H]3C(=O)N[C@]4(C(=O)NS(=O)(=O)C5(C)CC5)C[C@H]4/C=C\CC[C@@H](C)C[C@@H](C)[C@H](N(C(=O)O)C(C)(C)C)C(=O)N3C2)c2ccccc2c1=O. The van der Waals surface area contributed by atoms with Crippen molar-refractivity contribution in [3.05, 3.63) is 46.8 Å². The van der Waals surface area contributed by atoms with Gasteiger partial charge in [-0.2, -0.15) is 0 Å². The molecule has 2 aliphatic heterocycles. The normalized spacial score (nSPS) is 29.6. The molecule has 312 valence electrons. The lowest BCUT2D eigenvalue weighted by Gasteiger charge is -2.43. The standard InChI is InChI=1S/C40H56N6O10S/c1-24-12-8-9-13-26-22-40(26,36(50)43-57(53,54)39(6)16-17-39)41-32(47)30-21-27(23-44(30)35(49)31(25(2)20-24)46(37(51)52)38(3,4)5)56-33-28-14-10-11-15-29(28)34(48)45(42-33)18-19-55-7/h9-11,13-15,24-27,30-31H,8,12,16-23H2,1-7H3,(H,41,47)(H,43,50)(H,51,52)/b13-9-/t24-,25-,26-,27-,30+,31+,40-/m1/s1. The van der Waals surface area contributed by atoms with E-state index in [1.54, 1.807) is 52.0 Å². The van der Waals surface area contributed by atoms with Gasteiger partial charge in [-0.05, 0) is 90.2 Å². The third-order valence-corrected chi connectivity index (χ3v) is 14.2. The summed E-state index contributed by atoms with van der Waals surface area (Å²) in [6, 6.07) is 4.37. The molecule has 57 heavy (non-hydrogen) atoms. The van der Waals surface area contributed by atoms with Crippen LogP contribution in [-0.4, -0.2) is 111 Å². The zero-order valence-electron chi connectivity index (χ0n) is 33.8. The van der Waals surface area contributed by atoms with Gasteiger partial charge in [0.15, 0.2) is 0 Å². The number of nitrogens with one attached hydrogen (secondary N) is 2. The Bertz CT molecular complexity index is 2110. The summed E-state index contributed by atoms with van der Waals surface area (Å²) in [5, 5.41) is 18.8. The molecule has 1 aromatic carbocycles. The predicted molar refractivity (Wildman–Crippen MR) is 211 cm³/mol. The summed E-state index contributed by atoms with van der Waals surface area (Å²) in [6.45, 7) is 10.8. The van der Waals surface area contributed by atoms with E-state index < -0.39 is 79.7 Å². The first kappa shape index (κ1) is 42.1. The highest BCUT2D eigenvalue weighted by atomic mass is 32.2. The van der Waals surface area contributed by atoms with E-state index in [1.807, 2.05) is 26.0 Å². The van der Waals surface area contributed by atoms with E-state index in [9.17, 15) is 32.7 Å². The van der Waals surface area contributed by atoms with E-state index in [4.69, 9.17) is 9.47 Å². The monoisotopic (exact) mass is 812 g/mol. The Hall–Kier alpha value is -4.51. The highest BCUT2D eigenvalue weighted by Crippen LogP contribution is 2.48. The first-order valence-electron chi connectivity index (χ1n) is 19.8. The Morgan fingerprint density at radius 1 is 1.11 bits per heavy atom. The molecule has 3 heterocycles. The lowest BCUT2D eigenvalue weighted by Crippen LogP contribution is -2.62. The van der Waals surface area contributed by atoms with Crippen molar-refractivity contribution in [1.29, 1.82) is 0 Å². The average Bonchev–Trinajstić information content (AvgIpc) is 4.01.